The number of rotatable bonds is 14. The van der Waals surface area contributed by atoms with Crippen LogP contribution < -0.4 is 69.3 Å². The number of carboxylic acids is 2. The molecule has 0 heterocycles. The Bertz CT molecular complexity index is 374. The minimum Gasteiger partial charge on any atom is -0.545 e. The molecule has 0 aromatic rings. The van der Waals surface area contributed by atoms with Crippen LogP contribution in [0, 0.1) is 0 Å². The summed E-state index contributed by atoms with van der Waals surface area (Å²) in [6, 6.07) is 0. The Balaban J connectivity index is -0.00000220. The summed E-state index contributed by atoms with van der Waals surface area (Å²) in [5.74, 6) is -0.347. The third-order valence-corrected chi connectivity index (χ3v) is 4.77. The summed E-state index contributed by atoms with van der Waals surface area (Å²) in [5.41, 5.74) is -0.351. The molecule has 0 aliphatic heterocycles. The van der Waals surface area contributed by atoms with Gasteiger partial charge < -0.3 is 19.8 Å². The average molecular weight is 374 g/mol. The van der Waals surface area contributed by atoms with Gasteiger partial charge in [0.25, 0.3) is 0 Å². The summed E-state index contributed by atoms with van der Waals surface area (Å²) in [6.07, 6.45) is 9.05. The van der Waals surface area contributed by atoms with E-state index in [-0.39, 0.29) is 76.7 Å². The number of hydrogen-bond donors (Lipinski definition) is 0. The Morgan fingerprint density at radius 2 is 1.29 bits per heavy atom. The van der Waals surface area contributed by atoms with Crippen LogP contribution in [0.15, 0.2) is 11.1 Å². The molecule has 0 radical (unpaired) electrons. The standard InChI is InChI=1S/C17H30O4S.2Na/c1-3-4-12-22-13-10-8-6-5-7-9-11-15(17(20)21)14(2)16(18)19;;/h3-13H2,1-2H3,(H,18,19)(H,20,21);;/q;2*+1/p-2/b15-14-;;. The van der Waals surface area contributed by atoms with Crippen molar-refractivity contribution in [2.75, 3.05) is 11.5 Å². The average Bonchev–Trinajstić information content (AvgIpc) is 2.47. The van der Waals surface area contributed by atoms with Crippen molar-refractivity contribution < 1.29 is 78.9 Å². The number of hydrogen-bond acceptors (Lipinski definition) is 5. The molecule has 0 aliphatic carbocycles. The fourth-order valence-electron chi connectivity index (χ4n) is 2.13. The summed E-state index contributed by atoms with van der Waals surface area (Å²) in [7, 11) is 0. The predicted molar refractivity (Wildman–Crippen MR) is 87.3 cm³/mol. The zero-order chi connectivity index (χ0) is 16.8. The molecule has 4 nitrogen and oxygen atoms in total. The molecule has 0 fully saturated rings. The van der Waals surface area contributed by atoms with Gasteiger partial charge in [0.1, 0.15) is 0 Å². The molecular formula is C17H28Na2O4S. The van der Waals surface area contributed by atoms with E-state index < -0.39 is 11.9 Å². The van der Waals surface area contributed by atoms with E-state index in [9.17, 15) is 19.8 Å². The van der Waals surface area contributed by atoms with Gasteiger partial charge in [0.2, 0.25) is 0 Å². The van der Waals surface area contributed by atoms with E-state index >= 15 is 0 Å². The van der Waals surface area contributed by atoms with Crippen LogP contribution in [0.4, 0.5) is 0 Å². The van der Waals surface area contributed by atoms with Crippen molar-refractivity contribution >= 4 is 23.7 Å². The first-order chi connectivity index (χ1) is 10.5. The van der Waals surface area contributed by atoms with Crippen molar-refractivity contribution in [2.45, 2.75) is 71.6 Å². The molecule has 7 heteroatoms. The molecule has 24 heavy (non-hydrogen) atoms. The maximum atomic E-state index is 10.9. The largest absolute Gasteiger partial charge is 1.00 e. The maximum Gasteiger partial charge on any atom is 1.00 e. The van der Waals surface area contributed by atoms with Crippen molar-refractivity contribution in [3.63, 3.8) is 0 Å². The van der Waals surface area contributed by atoms with Gasteiger partial charge in [-0.25, -0.2) is 0 Å². The van der Waals surface area contributed by atoms with E-state index in [0.29, 0.717) is 6.42 Å². The number of thioether (sulfide) groups is 1. The van der Waals surface area contributed by atoms with E-state index in [1.54, 1.807) is 0 Å². The van der Waals surface area contributed by atoms with Crippen molar-refractivity contribution in [1.29, 1.82) is 0 Å². The number of carboxylic acid groups (broad SMARTS) is 2. The van der Waals surface area contributed by atoms with Gasteiger partial charge in [-0.15, -0.1) is 0 Å². The van der Waals surface area contributed by atoms with Crippen molar-refractivity contribution in [3.8, 4) is 0 Å². The van der Waals surface area contributed by atoms with Gasteiger partial charge in [0.15, 0.2) is 0 Å². The second kappa shape index (κ2) is 20.3. The molecule has 0 aromatic heterocycles. The fraction of sp³-hybridized carbons (Fsp3) is 0.765. The van der Waals surface area contributed by atoms with Crippen molar-refractivity contribution in [1.82, 2.24) is 0 Å². The Labute approximate surface area is 195 Å². The molecule has 0 rings (SSSR count). The van der Waals surface area contributed by atoms with Gasteiger partial charge in [-0.05, 0) is 55.3 Å². The second-order valence-electron chi connectivity index (χ2n) is 5.52. The van der Waals surface area contributed by atoms with Crippen LogP contribution in [0.25, 0.3) is 0 Å². The first-order valence-electron chi connectivity index (χ1n) is 8.20. The third-order valence-electron chi connectivity index (χ3n) is 3.61. The molecule has 0 aromatic carbocycles. The molecule has 0 bridgehead atoms. The minimum absolute atomic E-state index is 0. The smallest absolute Gasteiger partial charge is 0.545 e. The van der Waals surface area contributed by atoms with Crippen LogP contribution in [-0.2, 0) is 9.59 Å². The molecule has 0 amide bonds. The SMILES string of the molecule is CCCCSCCCCCCCC/C(C(=O)[O-])=C(\C)C(=O)[O-].[Na+].[Na+]. The predicted octanol–water partition coefficient (Wildman–Crippen LogP) is -3.93. The van der Waals surface area contributed by atoms with E-state index in [1.807, 2.05) is 11.8 Å². The van der Waals surface area contributed by atoms with Crippen molar-refractivity contribution in [2.24, 2.45) is 0 Å². The van der Waals surface area contributed by atoms with E-state index in [1.165, 1.54) is 44.1 Å². The number of unbranched alkanes of at least 4 members (excludes halogenated alkanes) is 6. The molecule has 0 spiro atoms. The third kappa shape index (κ3) is 16.5. The Hall–Kier alpha value is 1.03. The quantitative estimate of drug-likeness (QED) is 0.176. The van der Waals surface area contributed by atoms with Crippen LogP contribution >= 0.6 is 11.8 Å². The Kier molecular flexibility index (Phi) is 25.2. The molecular weight excluding hydrogens is 346 g/mol. The molecule has 0 N–H and O–H groups in total. The number of carbonyl (C=O) groups is 2. The normalized spacial score (nSPS) is 11.1. The summed E-state index contributed by atoms with van der Waals surface area (Å²) in [6.45, 7) is 3.47. The zero-order valence-corrected chi connectivity index (χ0v) is 20.6. The van der Waals surface area contributed by atoms with Crippen LogP contribution in [0.2, 0.25) is 0 Å². The summed E-state index contributed by atoms with van der Waals surface area (Å²) < 4.78 is 0. The molecule has 0 saturated carbocycles. The van der Waals surface area contributed by atoms with E-state index in [4.69, 9.17) is 0 Å². The van der Waals surface area contributed by atoms with Crippen LogP contribution in [0.3, 0.4) is 0 Å². The number of carbonyl (C=O) groups excluding carboxylic acids is 2. The van der Waals surface area contributed by atoms with Gasteiger partial charge in [-0.3, -0.25) is 0 Å². The van der Waals surface area contributed by atoms with Crippen molar-refractivity contribution in [3.05, 3.63) is 11.1 Å². The molecule has 0 unspecified atom stereocenters. The summed E-state index contributed by atoms with van der Waals surface area (Å²) in [5, 5.41) is 21.6. The topological polar surface area (TPSA) is 80.3 Å². The molecule has 128 valence electrons. The summed E-state index contributed by atoms with van der Waals surface area (Å²) in [4.78, 5) is 21.6. The summed E-state index contributed by atoms with van der Waals surface area (Å²) >= 11 is 2.02. The van der Waals surface area contributed by atoms with Gasteiger partial charge in [0, 0.05) is 0 Å². The van der Waals surface area contributed by atoms with Gasteiger partial charge >= 0.3 is 59.1 Å². The van der Waals surface area contributed by atoms with E-state index in [2.05, 4.69) is 6.92 Å². The first kappa shape index (κ1) is 29.8. The fourth-order valence-corrected chi connectivity index (χ4v) is 3.23. The monoisotopic (exact) mass is 374 g/mol. The van der Waals surface area contributed by atoms with Crippen LogP contribution in [0.1, 0.15) is 71.6 Å². The second-order valence-corrected chi connectivity index (χ2v) is 6.74. The molecule has 0 aliphatic rings. The van der Waals surface area contributed by atoms with Crippen LogP contribution in [0.5, 0.6) is 0 Å². The zero-order valence-electron chi connectivity index (χ0n) is 15.8. The van der Waals surface area contributed by atoms with Crippen LogP contribution in [-0.4, -0.2) is 23.4 Å². The first-order valence-corrected chi connectivity index (χ1v) is 9.36. The van der Waals surface area contributed by atoms with Gasteiger partial charge in [0.05, 0.1) is 11.9 Å². The maximum absolute atomic E-state index is 10.9. The Morgan fingerprint density at radius 3 is 1.79 bits per heavy atom. The van der Waals surface area contributed by atoms with Gasteiger partial charge in [-0.1, -0.05) is 39.0 Å². The molecule has 0 atom stereocenters. The number of aliphatic carboxylic acids is 2. The van der Waals surface area contributed by atoms with Gasteiger partial charge in [-0.2, -0.15) is 11.8 Å². The Morgan fingerprint density at radius 1 is 0.792 bits per heavy atom. The minimum atomic E-state index is -1.43. The van der Waals surface area contributed by atoms with E-state index in [0.717, 1.165) is 19.3 Å². The molecule has 0 saturated heterocycles.